The molecule has 0 unspecified atom stereocenters. The van der Waals surface area contributed by atoms with Crippen LogP contribution in [-0.2, 0) is 0 Å². The summed E-state index contributed by atoms with van der Waals surface area (Å²) in [6.07, 6.45) is 1.34. The molecule has 0 aliphatic heterocycles. The van der Waals surface area contributed by atoms with Crippen LogP contribution in [0.5, 0.6) is 0 Å². The van der Waals surface area contributed by atoms with Gasteiger partial charge in [0, 0.05) is 19.3 Å². The average molecular weight is 195 g/mol. The lowest BCUT2D eigenvalue weighted by molar-refractivity contribution is 0.0696. The Kier molecular flexibility index (Phi) is 3.87. The minimum Gasteiger partial charge on any atom is -0.478 e. The Labute approximate surface area is 82.2 Å². The van der Waals surface area contributed by atoms with Crippen LogP contribution in [0.2, 0.25) is 0 Å². The van der Waals surface area contributed by atoms with E-state index in [4.69, 9.17) is 5.11 Å². The molecule has 0 bridgehead atoms. The monoisotopic (exact) mass is 195 g/mol. The molecular formula is C9H13N3O2. The molecule has 14 heavy (non-hydrogen) atoms. The van der Waals surface area contributed by atoms with Crippen molar-refractivity contribution in [3.8, 4) is 0 Å². The smallest absolute Gasteiger partial charge is 0.337 e. The Balaban J connectivity index is 2.51. The van der Waals surface area contributed by atoms with E-state index >= 15 is 0 Å². The number of nitrogens with zero attached hydrogens (tertiary/aromatic N) is 1. The fraction of sp³-hybridized carbons (Fsp3) is 0.333. The summed E-state index contributed by atoms with van der Waals surface area (Å²) in [6, 6.07) is 3.18. The van der Waals surface area contributed by atoms with Crippen molar-refractivity contribution in [1.82, 2.24) is 10.3 Å². The fourth-order valence-corrected chi connectivity index (χ4v) is 0.941. The third-order valence-corrected chi connectivity index (χ3v) is 1.69. The van der Waals surface area contributed by atoms with E-state index in [0.29, 0.717) is 5.82 Å². The van der Waals surface area contributed by atoms with E-state index in [2.05, 4.69) is 15.6 Å². The Morgan fingerprint density at radius 3 is 2.79 bits per heavy atom. The van der Waals surface area contributed by atoms with E-state index in [1.54, 1.807) is 6.07 Å². The highest BCUT2D eigenvalue weighted by Crippen LogP contribution is 2.03. The highest BCUT2D eigenvalue weighted by molar-refractivity contribution is 5.87. The first-order valence-corrected chi connectivity index (χ1v) is 4.32. The zero-order chi connectivity index (χ0) is 10.4. The Bertz CT molecular complexity index is 297. The molecule has 1 rings (SSSR count). The quantitative estimate of drug-likeness (QED) is 0.593. The van der Waals surface area contributed by atoms with Gasteiger partial charge in [-0.15, -0.1) is 0 Å². The maximum atomic E-state index is 10.5. The van der Waals surface area contributed by atoms with Crippen LogP contribution in [-0.4, -0.2) is 36.2 Å². The summed E-state index contributed by atoms with van der Waals surface area (Å²) in [4.78, 5) is 14.5. The van der Waals surface area contributed by atoms with E-state index < -0.39 is 5.97 Å². The second-order valence-electron chi connectivity index (χ2n) is 2.77. The summed E-state index contributed by atoms with van der Waals surface area (Å²) in [7, 11) is 1.86. The Morgan fingerprint density at radius 2 is 2.29 bits per heavy atom. The van der Waals surface area contributed by atoms with Crippen molar-refractivity contribution in [1.29, 1.82) is 0 Å². The standard InChI is InChI=1S/C9H13N3O2/c1-10-4-5-11-8-3-2-7(6-12-8)9(13)14/h2-3,6,10H,4-5H2,1H3,(H,11,12)(H,13,14). The molecule has 0 saturated heterocycles. The fourth-order valence-electron chi connectivity index (χ4n) is 0.941. The summed E-state index contributed by atoms with van der Waals surface area (Å²) in [6.45, 7) is 1.60. The lowest BCUT2D eigenvalue weighted by Gasteiger charge is -2.04. The van der Waals surface area contributed by atoms with Gasteiger partial charge in [0.05, 0.1) is 5.56 Å². The predicted molar refractivity (Wildman–Crippen MR) is 53.6 cm³/mol. The molecule has 0 amide bonds. The van der Waals surface area contributed by atoms with E-state index in [-0.39, 0.29) is 5.56 Å². The van der Waals surface area contributed by atoms with Gasteiger partial charge in [-0.05, 0) is 19.2 Å². The van der Waals surface area contributed by atoms with Gasteiger partial charge in [-0.1, -0.05) is 0 Å². The van der Waals surface area contributed by atoms with Crippen LogP contribution in [0.25, 0.3) is 0 Å². The van der Waals surface area contributed by atoms with Crippen molar-refractivity contribution < 1.29 is 9.90 Å². The van der Waals surface area contributed by atoms with E-state index in [1.807, 2.05) is 7.05 Å². The van der Waals surface area contributed by atoms with Gasteiger partial charge in [-0.25, -0.2) is 9.78 Å². The number of nitrogens with one attached hydrogen (secondary N) is 2. The molecule has 0 aromatic carbocycles. The van der Waals surface area contributed by atoms with Crippen LogP contribution >= 0.6 is 0 Å². The normalized spacial score (nSPS) is 9.79. The third-order valence-electron chi connectivity index (χ3n) is 1.69. The second kappa shape index (κ2) is 5.18. The Hall–Kier alpha value is -1.62. The van der Waals surface area contributed by atoms with Gasteiger partial charge in [0.1, 0.15) is 5.82 Å². The third kappa shape index (κ3) is 3.02. The molecule has 0 spiro atoms. The molecule has 1 heterocycles. The summed E-state index contributed by atoms with van der Waals surface area (Å²) < 4.78 is 0. The minimum absolute atomic E-state index is 0.198. The minimum atomic E-state index is -0.959. The zero-order valence-corrected chi connectivity index (χ0v) is 7.95. The molecule has 3 N–H and O–H groups in total. The van der Waals surface area contributed by atoms with Gasteiger partial charge in [-0.3, -0.25) is 0 Å². The second-order valence-corrected chi connectivity index (χ2v) is 2.77. The van der Waals surface area contributed by atoms with Crippen molar-refractivity contribution in [2.45, 2.75) is 0 Å². The van der Waals surface area contributed by atoms with E-state index in [1.165, 1.54) is 12.3 Å². The first-order chi connectivity index (χ1) is 6.74. The van der Waals surface area contributed by atoms with Crippen LogP contribution in [0.3, 0.4) is 0 Å². The first-order valence-electron chi connectivity index (χ1n) is 4.32. The number of carbonyl (C=O) groups is 1. The lowest BCUT2D eigenvalue weighted by Crippen LogP contribution is -2.18. The van der Waals surface area contributed by atoms with Gasteiger partial charge in [0.15, 0.2) is 0 Å². The number of likely N-dealkylation sites (N-methyl/N-ethyl adjacent to an activating group) is 1. The molecule has 1 aromatic rings. The summed E-state index contributed by atoms with van der Waals surface area (Å²) >= 11 is 0. The molecular weight excluding hydrogens is 182 g/mol. The van der Waals surface area contributed by atoms with Crippen LogP contribution < -0.4 is 10.6 Å². The van der Waals surface area contributed by atoms with Crippen LogP contribution in [0.15, 0.2) is 18.3 Å². The molecule has 0 radical (unpaired) electrons. The van der Waals surface area contributed by atoms with Gasteiger partial charge in [0.2, 0.25) is 0 Å². The number of aromatic carboxylic acids is 1. The van der Waals surface area contributed by atoms with Crippen molar-refractivity contribution in [2.75, 3.05) is 25.5 Å². The molecule has 0 fully saturated rings. The number of anilines is 1. The molecule has 0 aliphatic rings. The number of hydrogen-bond acceptors (Lipinski definition) is 4. The highest BCUT2D eigenvalue weighted by atomic mass is 16.4. The first kappa shape index (κ1) is 10.5. The van der Waals surface area contributed by atoms with Gasteiger partial charge in [-0.2, -0.15) is 0 Å². The maximum absolute atomic E-state index is 10.5. The molecule has 0 aliphatic carbocycles. The lowest BCUT2D eigenvalue weighted by atomic mass is 10.3. The SMILES string of the molecule is CNCCNc1ccc(C(=O)O)cn1. The van der Waals surface area contributed by atoms with Crippen molar-refractivity contribution in [3.63, 3.8) is 0 Å². The molecule has 76 valence electrons. The van der Waals surface area contributed by atoms with E-state index in [0.717, 1.165) is 13.1 Å². The number of aromatic nitrogens is 1. The van der Waals surface area contributed by atoms with Crippen molar-refractivity contribution in [3.05, 3.63) is 23.9 Å². The molecule has 0 atom stereocenters. The molecule has 5 heteroatoms. The maximum Gasteiger partial charge on any atom is 0.337 e. The number of carboxylic acid groups (broad SMARTS) is 1. The highest BCUT2D eigenvalue weighted by Gasteiger charge is 2.01. The van der Waals surface area contributed by atoms with Gasteiger partial charge >= 0.3 is 5.97 Å². The molecule has 5 nitrogen and oxygen atoms in total. The summed E-state index contributed by atoms with van der Waals surface area (Å²) in [5, 5.41) is 14.6. The van der Waals surface area contributed by atoms with Gasteiger partial charge in [0.25, 0.3) is 0 Å². The van der Waals surface area contributed by atoms with Crippen LogP contribution in [0.4, 0.5) is 5.82 Å². The number of pyridine rings is 1. The van der Waals surface area contributed by atoms with Gasteiger partial charge < -0.3 is 15.7 Å². The topological polar surface area (TPSA) is 74.2 Å². The Morgan fingerprint density at radius 1 is 1.50 bits per heavy atom. The number of rotatable bonds is 5. The molecule has 0 saturated carbocycles. The van der Waals surface area contributed by atoms with Crippen molar-refractivity contribution in [2.24, 2.45) is 0 Å². The predicted octanol–water partition coefficient (Wildman–Crippen LogP) is 0.411. The molecule has 1 aromatic heterocycles. The number of carboxylic acids is 1. The zero-order valence-electron chi connectivity index (χ0n) is 7.95. The number of hydrogen-bond donors (Lipinski definition) is 3. The summed E-state index contributed by atoms with van der Waals surface area (Å²) in [5.74, 6) is -0.274. The van der Waals surface area contributed by atoms with Crippen LogP contribution in [0, 0.1) is 0 Å². The van der Waals surface area contributed by atoms with Crippen molar-refractivity contribution >= 4 is 11.8 Å². The van der Waals surface area contributed by atoms with E-state index in [9.17, 15) is 4.79 Å². The largest absolute Gasteiger partial charge is 0.478 e. The van der Waals surface area contributed by atoms with Crippen LogP contribution in [0.1, 0.15) is 10.4 Å². The average Bonchev–Trinajstić information content (AvgIpc) is 2.19. The summed E-state index contributed by atoms with van der Waals surface area (Å²) in [5.41, 5.74) is 0.198.